The van der Waals surface area contributed by atoms with Crippen molar-refractivity contribution in [2.45, 2.75) is 44.9 Å². The largest absolute Gasteiger partial charge is 0.330 e. The summed E-state index contributed by atoms with van der Waals surface area (Å²) in [4.78, 5) is 0. The third-order valence-electron chi connectivity index (χ3n) is 3.92. The highest BCUT2D eigenvalue weighted by Gasteiger charge is 2.36. The van der Waals surface area contributed by atoms with E-state index in [-0.39, 0.29) is 0 Å². The zero-order chi connectivity index (χ0) is 7.73. The molecule has 0 aromatic heterocycles. The van der Waals surface area contributed by atoms with Crippen LogP contribution in [-0.4, -0.2) is 6.54 Å². The zero-order valence-electron chi connectivity index (χ0n) is 7.31. The molecule has 3 saturated carbocycles. The molecule has 2 bridgehead atoms. The van der Waals surface area contributed by atoms with Gasteiger partial charge in [0.1, 0.15) is 0 Å². The normalized spacial score (nSPS) is 43.9. The molecule has 0 aromatic carbocycles. The average Bonchev–Trinajstić information content (AvgIpc) is 2.37. The van der Waals surface area contributed by atoms with Crippen LogP contribution in [0.25, 0.3) is 0 Å². The van der Waals surface area contributed by atoms with Crippen LogP contribution in [0.5, 0.6) is 0 Å². The Kier molecular flexibility index (Phi) is 1.92. The van der Waals surface area contributed by atoms with Crippen LogP contribution in [0.4, 0.5) is 0 Å². The summed E-state index contributed by atoms with van der Waals surface area (Å²) in [6.45, 7) is 0.944. The summed E-state index contributed by atoms with van der Waals surface area (Å²) in [5.41, 5.74) is 6.43. The molecular formula is C10H19N. The van der Waals surface area contributed by atoms with E-state index in [2.05, 4.69) is 0 Å². The molecule has 0 amide bonds. The van der Waals surface area contributed by atoms with Gasteiger partial charge in [-0.1, -0.05) is 12.8 Å². The molecular weight excluding hydrogens is 134 g/mol. The first-order valence-electron chi connectivity index (χ1n) is 5.05. The monoisotopic (exact) mass is 153 g/mol. The van der Waals surface area contributed by atoms with E-state index in [1.165, 1.54) is 44.9 Å². The molecule has 1 heteroatoms. The molecule has 11 heavy (non-hydrogen) atoms. The molecule has 3 aliphatic rings. The molecule has 3 rings (SSSR count). The van der Waals surface area contributed by atoms with Gasteiger partial charge in [-0.2, -0.15) is 0 Å². The van der Waals surface area contributed by atoms with Gasteiger partial charge in [0.25, 0.3) is 0 Å². The molecule has 64 valence electrons. The van der Waals surface area contributed by atoms with E-state index in [0.29, 0.717) is 5.41 Å². The van der Waals surface area contributed by atoms with Crippen LogP contribution in [0.15, 0.2) is 0 Å². The predicted molar refractivity (Wildman–Crippen MR) is 47.3 cm³/mol. The molecule has 0 radical (unpaired) electrons. The first-order chi connectivity index (χ1) is 5.35. The molecule has 3 aliphatic carbocycles. The first kappa shape index (κ1) is 7.60. The molecule has 0 heterocycles. The Bertz CT molecular complexity index is 128. The van der Waals surface area contributed by atoms with Crippen molar-refractivity contribution in [1.29, 1.82) is 0 Å². The second kappa shape index (κ2) is 2.78. The second-order valence-corrected chi connectivity index (χ2v) is 4.54. The highest BCUT2D eigenvalue weighted by atomic mass is 14.6. The van der Waals surface area contributed by atoms with E-state index < -0.39 is 0 Å². The van der Waals surface area contributed by atoms with Crippen molar-refractivity contribution in [3.8, 4) is 0 Å². The minimum atomic E-state index is 0.590. The highest BCUT2D eigenvalue weighted by molar-refractivity contribution is 4.89. The van der Waals surface area contributed by atoms with E-state index in [1.807, 2.05) is 0 Å². The number of fused-ring (bicyclic) bond motifs is 4. The van der Waals surface area contributed by atoms with Crippen LogP contribution in [0.2, 0.25) is 0 Å². The minimum absolute atomic E-state index is 0.590. The molecule has 0 aliphatic heterocycles. The standard InChI is InChI=1S/C10H19N/c11-8-10-5-1-2-9(3-6-10)4-7-10/h9H,1-8,11H2. The fourth-order valence-corrected chi connectivity index (χ4v) is 2.90. The molecule has 0 saturated heterocycles. The van der Waals surface area contributed by atoms with Gasteiger partial charge >= 0.3 is 0 Å². The molecule has 0 unspecified atom stereocenters. The molecule has 0 atom stereocenters. The van der Waals surface area contributed by atoms with Crippen LogP contribution >= 0.6 is 0 Å². The Morgan fingerprint density at radius 2 is 1.82 bits per heavy atom. The smallest absolute Gasteiger partial charge is 0.00205 e. The van der Waals surface area contributed by atoms with Crippen molar-refractivity contribution in [1.82, 2.24) is 0 Å². The van der Waals surface area contributed by atoms with Crippen LogP contribution in [0.1, 0.15) is 44.9 Å². The number of hydrogen-bond donors (Lipinski definition) is 1. The van der Waals surface area contributed by atoms with Gasteiger partial charge in [-0.05, 0) is 50.0 Å². The third kappa shape index (κ3) is 1.31. The van der Waals surface area contributed by atoms with Gasteiger partial charge in [0.05, 0.1) is 0 Å². The van der Waals surface area contributed by atoms with Gasteiger partial charge in [0.15, 0.2) is 0 Å². The van der Waals surface area contributed by atoms with E-state index in [4.69, 9.17) is 5.73 Å². The summed E-state index contributed by atoms with van der Waals surface area (Å²) in [7, 11) is 0. The van der Waals surface area contributed by atoms with Gasteiger partial charge in [-0.15, -0.1) is 0 Å². The fraction of sp³-hybridized carbons (Fsp3) is 1.00. The van der Waals surface area contributed by atoms with Gasteiger partial charge in [-0.3, -0.25) is 0 Å². The van der Waals surface area contributed by atoms with Crippen molar-refractivity contribution in [3.63, 3.8) is 0 Å². The Morgan fingerprint density at radius 3 is 2.45 bits per heavy atom. The molecule has 0 spiro atoms. The minimum Gasteiger partial charge on any atom is -0.330 e. The van der Waals surface area contributed by atoms with Gasteiger partial charge < -0.3 is 5.73 Å². The molecule has 1 nitrogen and oxygen atoms in total. The lowest BCUT2D eigenvalue weighted by Gasteiger charge is -2.35. The topological polar surface area (TPSA) is 26.0 Å². The molecule has 0 aromatic rings. The number of rotatable bonds is 1. The Hall–Kier alpha value is -0.0400. The van der Waals surface area contributed by atoms with Gasteiger partial charge in [0.2, 0.25) is 0 Å². The summed E-state index contributed by atoms with van der Waals surface area (Å²) >= 11 is 0. The molecule has 3 fully saturated rings. The summed E-state index contributed by atoms with van der Waals surface area (Å²) in [6.07, 6.45) is 10.1. The van der Waals surface area contributed by atoms with Crippen molar-refractivity contribution in [2.75, 3.05) is 6.54 Å². The fourth-order valence-electron chi connectivity index (χ4n) is 2.90. The lowest BCUT2D eigenvalue weighted by Crippen LogP contribution is -2.32. The predicted octanol–water partition coefficient (Wildman–Crippen LogP) is 2.31. The van der Waals surface area contributed by atoms with E-state index in [1.54, 1.807) is 0 Å². The van der Waals surface area contributed by atoms with Gasteiger partial charge in [-0.25, -0.2) is 0 Å². The van der Waals surface area contributed by atoms with Crippen molar-refractivity contribution < 1.29 is 0 Å². The summed E-state index contributed by atoms with van der Waals surface area (Å²) in [6, 6.07) is 0. The SMILES string of the molecule is NCC12CCCC(CC1)CC2. The van der Waals surface area contributed by atoms with Crippen LogP contribution in [-0.2, 0) is 0 Å². The second-order valence-electron chi connectivity index (χ2n) is 4.54. The number of hydrogen-bond acceptors (Lipinski definition) is 1. The van der Waals surface area contributed by atoms with E-state index in [0.717, 1.165) is 12.5 Å². The summed E-state index contributed by atoms with van der Waals surface area (Å²) in [5, 5.41) is 0. The lowest BCUT2D eigenvalue weighted by atomic mass is 9.71. The third-order valence-corrected chi connectivity index (χ3v) is 3.92. The van der Waals surface area contributed by atoms with Gasteiger partial charge in [0, 0.05) is 0 Å². The maximum absolute atomic E-state index is 5.84. The van der Waals surface area contributed by atoms with Crippen molar-refractivity contribution in [3.05, 3.63) is 0 Å². The van der Waals surface area contributed by atoms with Crippen LogP contribution in [0.3, 0.4) is 0 Å². The van der Waals surface area contributed by atoms with E-state index in [9.17, 15) is 0 Å². The summed E-state index contributed by atoms with van der Waals surface area (Å²) < 4.78 is 0. The maximum Gasteiger partial charge on any atom is -0.00205 e. The van der Waals surface area contributed by atoms with Crippen molar-refractivity contribution in [2.24, 2.45) is 17.1 Å². The maximum atomic E-state index is 5.84. The quantitative estimate of drug-likeness (QED) is 0.614. The number of nitrogens with two attached hydrogens (primary N) is 1. The Balaban J connectivity index is 2.10. The first-order valence-corrected chi connectivity index (χ1v) is 5.05. The Labute approximate surface area is 69.4 Å². The zero-order valence-corrected chi connectivity index (χ0v) is 7.31. The van der Waals surface area contributed by atoms with E-state index >= 15 is 0 Å². The summed E-state index contributed by atoms with van der Waals surface area (Å²) in [5.74, 6) is 1.07. The average molecular weight is 153 g/mol. The lowest BCUT2D eigenvalue weighted by molar-refractivity contribution is 0.179. The van der Waals surface area contributed by atoms with Crippen molar-refractivity contribution >= 4 is 0 Å². The van der Waals surface area contributed by atoms with Crippen LogP contribution in [0, 0.1) is 11.3 Å². The van der Waals surface area contributed by atoms with Crippen LogP contribution < -0.4 is 5.73 Å². The Morgan fingerprint density at radius 1 is 1.09 bits per heavy atom. The highest BCUT2D eigenvalue weighted by Crippen LogP contribution is 2.46. The molecule has 2 N–H and O–H groups in total.